The maximum atomic E-state index is 12.4. The maximum Gasteiger partial charge on any atom is 0.228 e. The van der Waals surface area contributed by atoms with Crippen molar-refractivity contribution in [1.29, 1.82) is 0 Å². The number of hydrogen-bond acceptors (Lipinski definition) is 3. The topological polar surface area (TPSA) is 45.2 Å². The van der Waals surface area contributed by atoms with Crippen LogP contribution in [0.25, 0.3) is 0 Å². The molecule has 0 aliphatic carbocycles. The van der Waals surface area contributed by atoms with E-state index < -0.39 is 0 Å². The molecule has 5 heteroatoms. The summed E-state index contributed by atoms with van der Waals surface area (Å²) >= 11 is 5.81. The molecule has 0 radical (unpaired) electrons. The van der Waals surface area contributed by atoms with E-state index in [4.69, 9.17) is 11.6 Å². The van der Waals surface area contributed by atoms with Gasteiger partial charge in [0.15, 0.2) is 0 Å². The molecule has 1 fully saturated rings. The molecular weight excluding hydrogens is 334 g/mol. The van der Waals surface area contributed by atoms with Gasteiger partial charge in [0.2, 0.25) is 5.91 Å². The summed E-state index contributed by atoms with van der Waals surface area (Å²) in [5.74, 6) is 0.710. The van der Waals surface area contributed by atoms with Crippen molar-refractivity contribution in [2.45, 2.75) is 25.7 Å². The Morgan fingerprint density at radius 1 is 1.16 bits per heavy atom. The molecule has 25 heavy (non-hydrogen) atoms. The number of aryl methyl sites for hydroxylation is 1. The van der Waals surface area contributed by atoms with E-state index in [1.165, 1.54) is 5.56 Å². The van der Waals surface area contributed by atoms with Gasteiger partial charge in [0.25, 0.3) is 0 Å². The van der Waals surface area contributed by atoms with Crippen LogP contribution in [0.4, 0.5) is 5.82 Å². The predicted molar refractivity (Wildman–Crippen MR) is 102 cm³/mol. The summed E-state index contributed by atoms with van der Waals surface area (Å²) in [6, 6.07) is 14.1. The number of hydrogen-bond donors (Lipinski definition) is 1. The lowest BCUT2D eigenvalue weighted by Crippen LogP contribution is -2.38. The maximum absolute atomic E-state index is 12.4. The number of carbonyl (C=O) groups excluding carboxylic acids is 1. The summed E-state index contributed by atoms with van der Waals surface area (Å²) in [4.78, 5) is 18.9. The number of carbonyl (C=O) groups is 1. The molecule has 1 N–H and O–H groups in total. The molecule has 1 saturated heterocycles. The molecule has 2 aromatic rings. The summed E-state index contributed by atoms with van der Waals surface area (Å²) in [5, 5.41) is 3.46. The highest BCUT2D eigenvalue weighted by atomic mass is 35.5. The zero-order valence-electron chi connectivity index (χ0n) is 14.3. The van der Waals surface area contributed by atoms with Gasteiger partial charge in [-0.1, -0.05) is 41.9 Å². The second-order valence-electron chi connectivity index (χ2n) is 6.56. The number of pyridine rings is 1. The van der Waals surface area contributed by atoms with E-state index in [2.05, 4.69) is 45.5 Å². The second kappa shape index (κ2) is 8.97. The highest BCUT2D eigenvalue weighted by molar-refractivity contribution is 6.30. The summed E-state index contributed by atoms with van der Waals surface area (Å²) < 4.78 is 0. The average Bonchev–Trinajstić information content (AvgIpc) is 2.65. The highest BCUT2D eigenvalue weighted by Crippen LogP contribution is 2.20. The number of halogens is 1. The molecule has 1 aromatic carbocycles. The fraction of sp³-hybridized carbons (Fsp3) is 0.400. The van der Waals surface area contributed by atoms with E-state index in [0.717, 1.165) is 45.3 Å². The number of rotatable bonds is 6. The summed E-state index contributed by atoms with van der Waals surface area (Å²) in [5.41, 5.74) is 1.40. The van der Waals surface area contributed by atoms with Crippen LogP contribution in [0.2, 0.25) is 5.02 Å². The highest BCUT2D eigenvalue weighted by Gasteiger charge is 2.24. The molecule has 0 atom stereocenters. The molecule has 1 amide bonds. The first-order valence-electron chi connectivity index (χ1n) is 8.89. The third-order valence-corrected chi connectivity index (χ3v) is 4.94. The zero-order valence-corrected chi connectivity index (χ0v) is 15.1. The van der Waals surface area contributed by atoms with Crippen LogP contribution in [0.3, 0.4) is 0 Å². The molecular formula is C20H24ClN3O. The van der Waals surface area contributed by atoms with E-state index >= 15 is 0 Å². The molecule has 0 bridgehead atoms. The van der Waals surface area contributed by atoms with Crippen LogP contribution in [0, 0.1) is 5.92 Å². The lowest BCUT2D eigenvalue weighted by molar-refractivity contribution is -0.121. The van der Waals surface area contributed by atoms with Gasteiger partial charge in [-0.3, -0.25) is 4.79 Å². The molecule has 132 valence electrons. The largest absolute Gasteiger partial charge is 0.310 e. The fourth-order valence-corrected chi connectivity index (χ4v) is 3.36. The smallest absolute Gasteiger partial charge is 0.228 e. The molecule has 1 aromatic heterocycles. The first-order chi connectivity index (χ1) is 12.2. The standard InChI is InChI=1S/C20H24ClN3O/c21-18-8-9-19(22-15-18)23-20(25)17-10-13-24(14-11-17)12-4-7-16-5-2-1-3-6-16/h1-3,5-6,8-9,15,17H,4,7,10-14H2,(H,22,23,25). The summed E-state index contributed by atoms with van der Waals surface area (Å²) in [6.45, 7) is 3.07. The van der Waals surface area contributed by atoms with Crippen molar-refractivity contribution >= 4 is 23.3 Å². The van der Waals surface area contributed by atoms with E-state index in [0.29, 0.717) is 10.8 Å². The minimum Gasteiger partial charge on any atom is -0.310 e. The number of benzene rings is 1. The lowest BCUT2D eigenvalue weighted by atomic mass is 9.95. The van der Waals surface area contributed by atoms with Gasteiger partial charge in [0.1, 0.15) is 5.82 Å². The third kappa shape index (κ3) is 5.55. The molecule has 3 rings (SSSR count). The molecule has 1 aliphatic heterocycles. The number of piperidine rings is 1. The van der Waals surface area contributed by atoms with Crippen molar-refractivity contribution in [3.05, 3.63) is 59.2 Å². The Kier molecular flexibility index (Phi) is 6.42. The van der Waals surface area contributed by atoms with E-state index in [-0.39, 0.29) is 11.8 Å². The van der Waals surface area contributed by atoms with Crippen LogP contribution in [-0.2, 0) is 11.2 Å². The zero-order chi connectivity index (χ0) is 17.5. The molecule has 2 heterocycles. The van der Waals surface area contributed by atoms with Crippen molar-refractivity contribution < 1.29 is 4.79 Å². The van der Waals surface area contributed by atoms with Gasteiger partial charge < -0.3 is 10.2 Å². The Bertz CT molecular complexity index is 667. The van der Waals surface area contributed by atoms with Crippen molar-refractivity contribution in [2.75, 3.05) is 25.0 Å². The molecule has 0 saturated carbocycles. The Morgan fingerprint density at radius 2 is 1.92 bits per heavy atom. The van der Waals surface area contributed by atoms with Crippen molar-refractivity contribution in [2.24, 2.45) is 5.92 Å². The van der Waals surface area contributed by atoms with Gasteiger partial charge in [-0.15, -0.1) is 0 Å². The van der Waals surface area contributed by atoms with Gasteiger partial charge in [-0.05, 0) is 63.0 Å². The normalized spacial score (nSPS) is 15.9. The van der Waals surface area contributed by atoms with Crippen LogP contribution in [-0.4, -0.2) is 35.4 Å². The number of nitrogens with one attached hydrogen (secondary N) is 1. The molecule has 1 aliphatic rings. The van der Waals surface area contributed by atoms with Gasteiger partial charge in [-0.2, -0.15) is 0 Å². The lowest BCUT2D eigenvalue weighted by Gasteiger charge is -2.31. The van der Waals surface area contributed by atoms with E-state index in [1.54, 1.807) is 18.3 Å². The number of nitrogens with zero attached hydrogens (tertiary/aromatic N) is 2. The summed E-state index contributed by atoms with van der Waals surface area (Å²) in [7, 11) is 0. The van der Waals surface area contributed by atoms with Gasteiger partial charge in [-0.25, -0.2) is 4.98 Å². The number of anilines is 1. The van der Waals surface area contributed by atoms with Crippen molar-refractivity contribution in [3.8, 4) is 0 Å². The summed E-state index contributed by atoms with van der Waals surface area (Å²) in [6.07, 6.45) is 5.64. The molecule has 0 spiro atoms. The Hall–Kier alpha value is -1.91. The van der Waals surface area contributed by atoms with Gasteiger partial charge in [0, 0.05) is 12.1 Å². The number of likely N-dealkylation sites (tertiary alicyclic amines) is 1. The Labute approximate surface area is 154 Å². The van der Waals surface area contributed by atoms with Crippen LogP contribution < -0.4 is 5.32 Å². The van der Waals surface area contributed by atoms with Crippen LogP contribution in [0.15, 0.2) is 48.7 Å². The first kappa shape index (κ1) is 17.9. The van der Waals surface area contributed by atoms with Crippen LogP contribution >= 0.6 is 11.6 Å². The predicted octanol–water partition coefficient (Wildman–Crippen LogP) is 4.02. The van der Waals surface area contributed by atoms with E-state index in [9.17, 15) is 4.79 Å². The Morgan fingerprint density at radius 3 is 2.60 bits per heavy atom. The van der Waals surface area contributed by atoms with Gasteiger partial charge >= 0.3 is 0 Å². The van der Waals surface area contributed by atoms with Crippen LogP contribution in [0.1, 0.15) is 24.8 Å². The van der Waals surface area contributed by atoms with Crippen molar-refractivity contribution in [1.82, 2.24) is 9.88 Å². The average molecular weight is 358 g/mol. The molecule has 0 unspecified atom stereocenters. The second-order valence-corrected chi connectivity index (χ2v) is 6.99. The number of amides is 1. The Balaban J connectivity index is 1.37. The van der Waals surface area contributed by atoms with Crippen LogP contribution in [0.5, 0.6) is 0 Å². The monoisotopic (exact) mass is 357 g/mol. The van der Waals surface area contributed by atoms with E-state index in [1.807, 2.05) is 0 Å². The fourth-order valence-electron chi connectivity index (χ4n) is 3.25. The SMILES string of the molecule is O=C(Nc1ccc(Cl)cn1)C1CCN(CCCc2ccccc2)CC1. The minimum atomic E-state index is 0.0683. The molecule has 4 nitrogen and oxygen atoms in total. The number of aromatic nitrogens is 1. The minimum absolute atomic E-state index is 0.0683. The van der Waals surface area contributed by atoms with Crippen molar-refractivity contribution in [3.63, 3.8) is 0 Å². The first-order valence-corrected chi connectivity index (χ1v) is 9.27. The quantitative estimate of drug-likeness (QED) is 0.849. The van der Waals surface area contributed by atoms with Gasteiger partial charge in [0.05, 0.1) is 5.02 Å². The third-order valence-electron chi connectivity index (χ3n) is 4.72.